The Morgan fingerprint density at radius 1 is 1.71 bits per heavy atom. The normalized spacial score (nSPS) is 11.7. The molecular formula is C8H7BrF2O2S. The molecule has 0 aliphatic carbocycles. The molecule has 6 heteroatoms. The molecule has 78 valence electrons. The molecule has 0 aromatic carbocycles. The highest BCUT2D eigenvalue weighted by atomic mass is 79.9. The molecule has 0 aliphatic heterocycles. The number of hydrogen-bond acceptors (Lipinski definition) is 2. The highest BCUT2D eigenvalue weighted by molar-refractivity contribution is 9.10. The summed E-state index contributed by atoms with van der Waals surface area (Å²) in [6, 6.07) is 1.27. The lowest BCUT2D eigenvalue weighted by Crippen LogP contribution is -2.16. The van der Waals surface area contributed by atoms with Gasteiger partial charge in [-0.1, -0.05) is 0 Å². The van der Waals surface area contributed by atoms with Crippen molar-refractivity contribution >= 4 is 33.2 Å². The number of thiophene rings is 1. The van der Waals surface area contributed by atoms with Crippen LogP contribution in [0.3, 0.4) is 0 Å². The largest absolute Gasteiger partial charge is 0.481 e. The number of carbonyl (C=O) groups is 1. The molecule has 1 rings (SSSR count). The number of alkyl halides is 2. The lowest BCUT2D eigenvalue weighted by atomic mass is 10.2. The molecule has 0 spiro atoms. The summed E-state index contributed by atoms with van der Waals surface area (Å²) in [6.45, 7) is 1.69. The number of carboxylic acids is 1. The van der Waals surface area contributed by atoms with Crippen molar-refractivity contribution in [1.29, 1.82) is 0 Å². The van der Waals surface area contributed by atoms with E-state index in [0.717, 1.165) is 11.3 Å². The fraction of sp³-hybridized carbons (Fsp3) is 0.375. The summed E-state index contributed by atoms with van der Waals surface area (Å²) < 4.78 is 27.0. The van der Waals surface area contributed by atoms with E-state index in [1.807, 2.05) is 0 Å². The molecule has 0 atom stereocenters. The van der Waals surface area contributed by atoms with Gasteiger partial charge in [0.05, 0.1) is 4.88 Å². The number of carboxylic acid groups (broad SMARTS) is 1. The molecule has 1 aromatic heterocycles. The zero-order valence-corrected chi connectivity index (χ0v) is 9.58. The van der Waals surface area contributed by atoms with Crippen LogP contribution >= 0.6 is 27.3 Å². The fourth-order valence-corrected chi connectivity index (χ4v) is 2.42. The average molecular weight is 285 g/mol. The average Bonchev–Trinajstić information content (AvgIpc) is 2.30. The van der Waals surface area contributed by atoms with Gasteiger partial charge < -0.3 is 5.11 Å². The molecular weight excluding hydrogens is 278 g/mol. The Balaban J connectivity index is 2.97. The Morgan fingerprint density at radius 3 is 2.64 bits per heavy atom. The Morgan fingerprint density at radius 2 is 2.29 bits per heavy atom. The summed E-state index contributed by atoms with van der Waals surface area (Å²) in [5.74, 6) is -4.79. The van der Waals surface area contributed by atoms with Gasteiger partial charge in [-0.15, -0.1) is 11.3 Å². The Labute approximate surface area is 91.7 Å². The number of hydrogen-bond donors (Lipinski definition) is 1. The van der Waals surface area contributed by atoms with Crippen molar-refractivity contribution in [3.8, 4) is 0 Å². The number of aryl methyl sites for hydroxylation is 1. The van der Waals surface area contributed by atoms with Crippen LogP contribution in [0, 0.1) is 6.92 Å². The third kappa shape index (κ3) is 2.51. The van der Waals surface area contributed by atoms with Crippen LogP contribution in [0.4, 0.5) is 8.78 Å². The van der Waals surface area contributed by atoms with Crippen LogP contribution in [0.2, 0.25) is 0 Å². The molecule has 0 radical (unpaired) electrons. The molecule has 0 saturated heterocycles. The van der Waals surface area contributed by atoms with Crippen LogP contribution in [0.1, 0.15) is 16.2 Å². The van der Waals surface area contributed by atoms with Gasteiger partial charge in [0.15, 0.2) is 0 Å². The minimum absolute atomic E-state index is 0.218. The first-order chi connectivity index (χ1) is 6.33. The highest BCUT2D eigenvalue weighted by Crippen LogP contribution is 2.39. The highest BCUT2D eigenvalue weighted by Gasteiger charge is 2.36. The second kappa shape index (κ2) is 3.94. The van der Waals surface area contributed by atoms with Gasteiger partial charge in [-0.05, 0) is 28.9 Å². The van der Waals surface area contributed by atoms with Gasteiger partial charge in [0.2, 0.25) is 0 Å². The molecule has 0 aliphatic rings. The van der Waals surface area contributed by atoms with E-state index in [1.165, 1.54) is 6.07 Å². The van der Waals surface area contributed by atoms with Gasteiger partial charge in [-0.3, -0.25) is 4.79 Å². The van der Waals surface area contributed by atoms with E-state index in [9.17, 15) is 13.6 Å². The summed E-state index contributed by atoms with van der Waals surface area (Å²) in [7, 11) is 0. The molecule has 0 amide bonds. The topological polar surface area (TPSA) is 37.3 Å². The van der Waals surface area contributed by atoms with Gasteiger partial charge in [0.1, 0.15) is 6.42 Å². The molecule has 14 heavy (non-hydrogen) atoms. The van der Waals surface area contributed by atoms with E-state index < -0.39 is 18.3 Å². The van der Waals surface area contributed by atoms with Crippen LogP contribution in [0.5, 0.6) is 0 Å². The van der Waals surface area contributed by atoms with E-state index in [0.29, 0.717) is 9.35 Å². The molecule has 1 aromatic rings. The van der Waals surface area contributed by atoms with Crippen molar-refractivity contribution in [3.05, 3.63) is 20.3 Å². The predicted octanol–water partition coefficient (Wildman–Crippen LogP) is 3.39. The van der Waals surface area contributed by atoms with Gasteiger partial charge in [-0.25, -0.2) is 0 Å². The molecule has 0 unspecified atom stereocenters. The van der Waals surface area contributed by atoms with Crippen LogP contribution < -0.4 is 0 Å². The maximum absolute atomic E-state index is 13.2. The van der Waals surface area contributed by atoms with E-state index in [1.54, 1.807) is 6.92 Å². The zero-order chi connectivity index (χ0) is 10.9. The van der Waals surface area contributed by atoms with Crippen molar-refractivity contribution in [2.45, 2.75) is 19.3 Å². The van der Waals surface area contributed by atoms with E-state index in [2.05, 4.69) is 15.9 Å². The first-order valence-corrected chi connectivity index (χ1v) is 5.30. The lowest BCUT2D eigenvalue weighted by molar-refractivity contribution is -0.145. The van der Waals surface area contributed by atoms with Gasteiger partial charge in [0.25, 0.3) is 5.92 Å². The van der Waals surface area contributed by atoms with Crippen molar-refractivity contribution in [3.63, 3.8) is 0 Å². The standard InChI is InChI=1S/C8H7BrF2O2S/c1-4-5(9)2-6(14-4)8(10,11)3-7(12)13/h2H,3H2,1H3,(H,12,13). The Bertz CT molecular complexity index is 343. The maximum Gasteiger partial charge on any atom is 0.309 e. The van der Waals surface area contributed by atoms with Gasteiger partial charge in [-0.2, -0.15) is 8.78 Å². The predicted molar refractivity (Wildman–Crippen MR) is 52.9 cm³/mol. The van der Waals surface area contributed by atoms with Gasteiger partial charge in [0, 0.05) is 9.35 Å². The number of halogens is 3. The lowest BCUT2D eigenvalue weighted by Gasteiger charge is -2.10. The third-order valence-electron chi connectivity index (χ3n) is 1.59. The van der Waals surface area contributed by atoms with Crippen molar-refractivity contribution < 1.29 is 18.7 Å². The molecule has 0 fully saturated rings. The fourth-order valence-electron chi connectivity index (χ4n) is 0.917. The Hall–Kier alpha value is -0.490. The summed E-state index contributed by atoms with van der Waals surface area (Å²) in [4.78, 5) is 10.7. The van der Waals surface area contributed by atoms with Gasteiger partial charge >= 0.3 is 5.97 Å². The van der Waals surface area contributed by atoms with Crippen molar-refractivity contribution in [1.82, 2.24) is 0 Å². The van der Waals surface area contributed by atoms with Crippen LogP contribution in [0.15, 0.2) is 10.5 Å². The molecule has 2 nitrogen and oxygen atoms in total. The SMILES string of the molecule is Cc1sc(C(F)(F)CC(=O)O)cc1Br. The maximum atomic E-state index is 13.2. The second-order valence-corrected chi connectivity index (χ2v) is 4.90. The quantitative estimate of drug-likeness (QED) is 0.924. The second-order valence-electron chi connectivity index (χ2n) is 2.79. The van der Waals surface area contributed by atoms with E-state index >= 15 is 0 Å². The number of aliphatic carboxylic acids is 1. The minimum Gasteiger partial charge on any atom is -0.481 e. The van der Waals surface area contributed by atoms with Crippen molar-refractivity contribution in [2.75, 3.05) is 0 Å². The first-order valence-electron chi connectivity index (χ1n) is 3.69. The summed E-state index contributed by atoms with van der Waals surface area (Å²) in [5, 5.41) is 8.30. The van der Waals surface area contributed by atoms with E-state index in [-0.39, 0.29) is 4.88 Å². The summed E-state index contributed by atoms with van der Waals surface area (Å²) in [6.07, 6.45) is -1.17. The summed E-state index contributed by atoms with van der Waals surface area (Å²) >= 11 is 4.01. The molecule has 0 saturated carbocycles. The van der Waals surface area contributed by atoms with Crippen molar-refractivity contribution in [2.24, 2.45) is 0 Å². The van der Waals surface area contributed by atoms with Crippen LogP contribution in [0.25, 0.3) is 0 Å². The third-order valence-corrected chi connectivity index (χ3v) is 3.84. The molecule has 0 bridgehead atoms. The molecule has 1 heterocycles. The monoisotopic (exact) mass is 284 g/mol. The molecule has 1 N–H and O–H groups in total. The van der Waals surface area contributed by atoms with Crippen LogP contribution in [-0.4, -0.2) is 11.1 Å². The summed E-state index contributed by atoms with van der Waals surface area (Å²) in [5.41, 5.74) is 0. The Kier molecular flexibility index (Phi) is 3.26. The van der Waals surface area contributed by atoms with Crippen LogP contribution in [-0.2, 0) is 10.7 Å². The smallest absolute Gasteiger partial charge is 0.309 e. The minimum atomic E-state index is -3.28. The van der Waals surface area contributed by atoms with E-state index in [4.69, 9.17) is 5.11 Å². The number of rotatable bonds is 3. The zero-order valence-electron chi connectivity index (χ0n) is 7.18. The first kappa shape index (κ1) is 11.6.